The van der Waals surface area contributed by atoms with E-state index in [0.717, 1.165) is 0 Å². The summed E-state index contributed by atoms with van der Waals surface area (Å²) in [5.74, 6) is -1.42. The molecule has 1 unspecified atom stereocenters. The molecule has 0 aromatic carbocycles. The van der Waals surface area contributed by atoms with Gasteiger partial charge < -0.3 is 14.7 Å². The van der Waals surface area contributed by atoms with Gasteiger partial charge in [-0.3, -0.25) is 14.4 Å². The van der Waals surface area contributed by atoms with E-state index in [9.17, 15) is 19.5 Å². The van der Waals surface area contributed by atoms with E-state index >= 15 is 0 Å². The van der Waals surface area contributed by atoms with Crippen LogP contribution in [-0.2, 0) is 19.1 Å². The summed E-state index contributed by atoms with van der Waals surface area (Å²) < 4.78 is 4.75. The fraction of sp³-hybridized carbons (Fsp3) is 0.769. The summed E-state index contributed by atoms with van der Waals surface area (Å²) in [7, 11) is 0. The smallest absolute Gasteiger partial charge is 0.311 e. The van der Waals surface area contributed by atoms with Crippen molar-refractivity contribution >= 4 is 17.8 Å². The molecule has 6 heteroatoms. The Kier molecular flexibility index (Phi) is 5.32. The molecule has 1 heterocycles. The van der Waals surface area contributed by atoms with Gasteiger partial charge in [-0.1, -0.05) is 6.92 Å². The van der Waals surface area contributed by atoms with Gasteiger partial charge in [0.25, 0.3) is 0 Å². The number of ether oxygens (including phenoxy) is 1. The molecule has 1 amide bonds. The zero-order valence-electron chi connectivity index (χ0n) is 11.5. The van der Waals surface area contributed by atoms with Crippen LogP contribution < -0.4 is 0 Å². The number of carboxylic acids is 1. The predicted octanol–water partition coefficient (Wildman–Crippen LogP) is 1.04. The Morgan fingerprint density at radius 2 is 1.95 bits per heavy atom. The molecular weight excluding hydrogens is 250 g/mol. The van der Waals surface area contributed by atoms with Crippen LogP contribution >= 0.6 is 0 Å². The molecule has 0 aromatic heterocycles. The second-order valence-corrected chi connectivity index (χ2v) is 4.81. The van der Waals surface area contributed by atoms with Crippen LogP contribution in [0.1, 0.15) is 39.5 Å². The highest BCUT2D eigenvalue weighted by molar-refractivity contribution is 5.83. The van der Waals surface area contributed by atoms with E-state index in [4.69, 9.17) is 4.74 Å². The normalized spacial score (nSPS) is 22.3. The highest BCUT2D eigenvalue weighted by Crippen LogP contribution is 2.34. The lowest BCUT2D eigenvalue weighted by molar-refractivity contribution is -0.149. The number of likely N-dealkylation sites (tertiary alicyclic amines) is 1. The van der Waals surface area contributed by atoms with Crippen LogP contribution in [0.25, 0.3) is 0 Å². The number of nitrogens with zero attached hydrogens (tertiary/aromatic N) is 1. The van der Waals surface area contributed by atoms with Gasteiger partial charge in [-0.25, -0.2) is 0 Å². The van der Waals surface area contributed by atoms with Crippen molar-refractivity contribution in [2.75, 3.05) is 19.7 Å². The molecule has 108 valence electrons. The van der Waals surface area contributed by atoms with Crippen LogP contribution in [0, 0.1) is 5.41 Å². The molecule has 1 atom stereocenters. The first-order valence-electron chi connectivity index (χ1n) is 6.62. The number of carbonyl (C=O) groups is 3. The van der Waals surface area contributed by atoms with E-state index in [2.05, 4.69) is 0 Å². The van der Waals surface area contributed by atoms with Gasteiger partial charge in [0.15, 0.2) is 0 Å². The molecule has 0 saturated carbocycles. The van der Waals surface area contributed by atoms with Gasteiger partial charge in [-0.15, -0.1) is 0 Å². The third-order valence-electron chi connectivity index (χ3n) is 3.69. The maximum Gasteiger partial charge on any atom is 0.311 e. The summed E-state index contributed by atoms with van der Waals surface area (Å²) in [6.45, 7) is 4.51. The van der Waals surface area contributed by atoms with Crippen molar-refractivity contribution in [3.8, 4) is 0 Å². The molecule has 1 aliphatic heterocycles. The quantitative estimate of drug-likeness (QED) is 0.730. The van der Waals surface area contributed by atoms with Gasteiger partial charge in [0.2, 0.25) is 5.91 Å². The summed E-state index contributed by atoms with van der Waals surface area (Å²) in [4.78, 5) is 35.9. The molecule has 1 fully saturated rings. The van der Waals surface area contributed by atoms with Crippen molar-refractivity contribution in [2.45, 2.75) is 39.5 Å². The Bertz CT molecular complexity index is 368. The molecule has 1 rings (SSSR count). The van der Waals surface area contributed by atoms with Crippen molar-refractivity contribution in [3.05, 3.63) is 0 Å². The predicted molar refractivity (Wildman–Crippen MR) is 67.4 cm³/mol. The summed E-state index contributed by atoms with van der Waals surface area (Å²) in [6.07, 6.45) is 1.11. The van der Waals surface area contributed by atoms with Gasteiger partial charge in [0.05, 0.1) is 18.4 Å². The Balaban J connectivity index is 2.48. The lowest BCUT2D eigenvalue weighted by Gasteiger charge is -2.23. The molecule has 1 N–H and O–H groups in total. The largest absolute Gasteiger partial charge is 0.481 e. The van der Waals surface area contributed by atoms with E-state index < -0.39 is 17.4 Å². The number of amides is 1. The minimum absolute atomic E-state index is 0.0510. The Labute approximate surface area is 112 Å². The number of carbonyl (C=O) groups excluding carboxylic acids is 2. The van der Waals surface area contributed by atoms with Gasteiger partial charge in [0.1, 0.15) is 0 Å². The molecule has 19 heavy (non-hydrogen) atoms. The van der Waals surface area contributed by atoms with Crippen molar-refractivity contribution in [1.82, 2.24) is 4.90 Å². The number of rotatable bonds is 6. The number of aliphatic carboxylic acids is 1. The standard InChI is InChI=1S/C13H21NO5/c1-3-13(12(17)18)7-8-14(9-13)10(15)5-6-11(16)19-4-2/h3-9H2,1-2H3,(H,17,18). The Morgan fingerprint density at radius 1 is 1.26 bits per heavy atom. The number of hydrogen-bond donors (Lipinski definition) is 1. The van der Waals surface area contributed by atoms with Crippen LogP contribution in [0.4, 0.5) is 0 Å². The van der Waals surface area contributed by atoms with Crippen molar-refractivity contribution in [3.63, 3.8) is 0 Å². The second kappa shape index (κ2) is 6.54. The second-order valence-electron chi connectivity index (χ2n) is 4.81. The van der Waals surface area contributed by atoms with Gasteiger partial charge >= 0.3 is 11.9 Å². The SMILES string of the molecule is CCOC(=O)CCC(=O)N1CCC(CC)(C(=O)O)C1. The number of esters is 1. The first-order chi connectivity index (χ1) is 8.95. The highest BCUT2D eigenvalue weighted by Gasteiger charge is 2.44. The first kappa shape index (κ1) is 15.5. The zero-order chi connectivity index (χ0) is 14.5. The molecule has 0 spiro atoms. The minimum atomic E-state index is -0.851. The maximum absolute atomic E-state index is 11.9. The summed E-state index contributed by atoms with van der Waals surface area (Å²) in [6, 6.07) is 0. The fourth-order valence-corrected chi connectivity index (χ4v) is 2.30. The zero-order valence-corrected chi connectivity index (χ0v) is 11.5. The summed E-state index contributed by atoms with van der Waals surface area (Å²) >= 11 is 0. The number of carboxylic acid groups (broad SMARTS) is 1. The third-order valence-corrected chi connectivity index (χ3v) is 3.69. The van der Waals surface area contributed by atoms with Crippen molar-refractivity contribution < 1.29 is 24.2 Å². The van der Waals surface area contributed by atoms with Crippen LogP contribution in [0.15, 0.2) is 0 Å². The topological polar surface area (TPSA) is 83.9 Å². The van der Waals surface area contributed by atoms with E-state index in [0.29, 0.717) is 26.0 Å². The maximum atomic E-state index is 11.9. The molecule has 0 aromatic rings. The van der Waals surface area contributed by atoms with E-state index in [1.54, 1.807) is 6.92 Å². The Morgan fingerprint density at radius 3 is 2.42 bits per heavy atom. The molecule has 1 saturated heterocycles. The Hall–Kier alpha value is -1.59. The third kappa shape index (κ3) is 3.68. The highest BCUT2D eigenvalue weighted by atomic mass is 16.5. The average molecular weight is 271 g/mol. The molecule has 6 nitrogen and oxygen atoms in total. The lowest BCUT2D eigenvalue weighted by Crippen LogP contribution is -2.36. The molecule has 1 aliphatic rings. The van der Waals surface area contributed by atoms with Crippen LogP contribution in [0.5, 0.6) is 0 Å². The van der Waals surface area contributed by atoms with E-state index in [1.807, 2.05) is 6.92 Å². The van der Waals surface area contributed by atoms with Gasteiger partial charge in [-0.05, 0) is 19.8 Å². The molecular formula is C13H21NO5. The molecule has 0 bridgehead atoms. The first-order valence-corrected chi connectivity index (χ1v) is 6.62. The summed E-state index contributed by atoms with van der Waals surface area (Å²) in [5.41, 5.74) is -0.820. The van der Waals surface area contributed by atoms with Crippen molar-refractivity contribution in [2.24, 2.45) is 5.41 Å². The minimum Gasteiger partial charge on any atom is -0.481 e. The van der Waals surface area contributed by atoms with Crippen LogP contribution in [0.2, 0.25) is 0 Å². The van der Waals surface area contributed by atoms with E-state index in [-0.39, 0.29) is 25.3 Å². The monoisotopic (exact) mass is 271 g/mol. The fourth-order valence-electron chi connectivity index (χ4n) is 2.30. The van der Waals surface area contributed by atoms with Gasteiger partial charge in [-0.2, -0.15) is 0 Å². The van der Waals surface area contributed by atoms with Crippen LogP contribution in [-0.4, -0.2) is 47.5 Å². The summed E-state index contributed by atoms with van der Waals surface area (Å²) in [5, 5.41) is 9.24. The van der Waals surface area contributed by atoms with Crippen molar-refractivity contribution in [1.29, 1.82) is 0 Å². The van der Waals surface area contributed by atoms with E-state index in [1.165, 1.54) is 4.90 Å². The number of hydrogen-bond acceptors (Lipinski definition) is 4. The molecule has 0 aliphatic carbocycles. The lowest BCUT2D eigenvalue weighted by atomic mass is 9.84. The van der Waals surface area contributed by atoms with Crippen LogP contribution in [0.3, 0.4) is 0 Å². The van der Waals surface area contributed by atoms with Gasteiger partial charge in [0, 0.05) is 19.5 Å². The molecule has 0 radical (unpaired) electrons. The average Bonchev–Trinajstić information content (AvgIpc) is 2.82.